The van der Waals surface area contributed by atoms with Crippen LogP contribution in [0.25, 0.3) is 0 Å². The second-order valence-electron chi connectivity index (χ2n) is 5.78. The van der Waals surface area contributed by atoms with Crippen LogP contribution >= 0.6 is 11.3 Å². The zero-order valence-electron chi connectivity index (χ0n) is 11.3. The van der Waals surface area contributed by atoms with E-state index < -0.39 is 0 Å². The molecule has 1 unspecified atom stereocenters. The highest BCUT2D eigenvalue weighted by Gasteiger charge is 2.42. The van der Waals surface area contributed by atoms with Gasteiger partial charge in [-0.2, -0.15) is 0 Å². The van der Waals surface area contributed by atoms with Gasteiger partial charge in [0.05, 0.1) is 5.54 Å². The van der Waals surface area contributed by atoms with Crippen LogP contribution in [0.1, 0.15) is 50.3 Å². The van der Waals surface area contributed by atoms with Crippen LogP contribution in [0.5, 0.6) is 0 Å². The fourth-order valence-electron chi connectivity index (χ4n) is 3.74. The van der Waals surface area contributed by atoms with Gasteiger partial charge in [-0.1, -0.05) is 37.5 Å². The third kappa shape index (κ3) is 2.06. The summed E-state index contributed by atoms with van der Waals surface area (Å²) in [5.41, 5.74) is 0.344. The Morgan fingerprint density at radius 2 is 2.06 bits per heavy atom. The molecule has 1 aliphatic heterocycles. The Hall–Kier alpha value is -0.600. The van der Waals surface area contributed by atoms with Crippen LogP contribution in [0.3, 0.4) is 0 Å². The Morgan fingerprint density at radius 1 is 1.22 bits per heavy atom. The van der Waals surface area contributed by atoms with Gasteiger partial charge in [0.2, 0.25) is 0 Å². The van der Waals surface area contributed by atoms with E-state index in [0.29, 0.717) is 11.6 Å². The Bertz CT molecular complexity index is 401. The van der Waals surface area contributed by atoms with Gasteiger partial charge < -0.3 is 0 Å². The topological polar surface area (TPSA) is 3.24 Å². The van der Waals surface area contributed by atoms with E-state index in [-0.39, 0.29) is 0 Å². The summed E-state index contributed by atoms with van der Waals surface area (Å²) in [6.07, 6.45) is 12.8. The van der Waals surface area contributed by atoms with E-state index in [1.54, 1.807) is 4.88 Å². The van der Waals surface area contributed by atoms with Crippen LogP contribution in [-0.2, 0) is 5.54 Å². The Balaban J connectivity index is 1.96. The molecule has 0 N–H and O–H groups in total. The van der Waals surface area contributed by atoms with Crippen LogP contribution in [-0.4, -0.2) is 17.5 Å². The maximum atomic E-state index is 2.78. The maximum Gasteiger partial charge on any atom is 0.0559 e. The van der Waals surface area contributed by atoms with Gasteiger partial charge in [0.15, 0.2) is 0 Å². The minimum Gasteiger partial charge on any atom is -0.286 e. The number of nitrogens with zero attached hydrogens (tertiary/aromatic N) is 1. The molecule has 1 nitrogen and oxygen atoms in total. The minimum atomic E-state index is 0.344. The monoisotopic (exact) mass is 261 g/mol. The standard InChI is InChI=1S/C16H23NS/c1-14-8-3-6-12-17(14)16(10-4-2-5-11-16)15-9-7-13-18-15/h3,6-7,9,13-14H,2,4-5,8,10-12H2,1H3. The fraction of sp³-hybridized carbons (Fsp3) is 0.625. The Labute approximate surface area is 115 Å². The third-order valence-corrected chi connectivity index (χ3v) is 5.75. The summed E-state index contributed by atoms with van der Waals surface area (Å²) in [4.78, 5) is 4.38. The first-order chi connectivity index (χ1) is 8.83. The van der Waals surface area contributed by atoms with E-state index in [2.05, 4.69) is 41.5 Å². The molecule has 0 radical (unpaired) electrons. The molecule has 1 atom stereocenters. The number of thiophene rings is 1. The molecule has 1 fully saturated rings. The van der Waals surface area contributed by atoms with Crippen molar-refractivity contribution in [3.63, 3.8) is 0 Å². The fourth-order valence-corrected chi connectivity index (χ4v) is 4.74. The van der Waals surface area contributed by atoms with E-state index in [1.807, 2.05) is 11.3 Å². The van der Waals surface area contributed by atoms with Gasteiger partial charge in [0.25, 0.3) is 0 Å². The molecule has 1 aromatic rings. The smallest absolute Gasteiger partial charge is 0.0559 e. The summed E-state index contributed by atoms with van der Waals surface area (Å²) >= 11 is 1.96. The lowest BCUT2D eigenvalue weighted by Gasteiger charge is -2.49. The van der Waals surface area contributed by atoms with Crippen molar-refractivity contribution in [3.05, 3.63) is 34.5 Å². The molecule has 18 heavy (non-hydrogen) atoms. The average molecular weight is 261 g/mol. The SMILES string of the molecule is CC1CC=CCN1C1(c2cccs2)CCCCC1. The predicted octanol–water partition coefficient (Wildman–Crippen LogP) is 4.56. The molecular weight excluding hydrogens is 238 g/mol. The summed E-state index contributed by atoms with van der Waals surface area (Å²) in [6.45, 7) is 3.53. The lowest BCUT2D eigenvalue weighted by molar-refractivity contribution is 0.0242. The van der Waals surface area contributed by atoms with Gasteiger partial charge in [-0.25, -0.2) is 0 Å². The molecule has 2 aliphatic rings. The largest absolute Gasteiger partial charge is 0.286 e. The lowest BCUT2D eigenvalue weighted by Crippen LogP contribution is -2.52. The van der Waals surface area contributed by atoms with E-state index >= 15 is 0 Å². The number of rotatable bonds is 2. The first kappa shape index (κ1) is 12.4. The van der Waals surface area contributed by atoms with E-state index in [0.717, 1.165) is 6.54 Å². The molecule has 2 heterocycles. The zero-order chi connectivity index (χ0) is 12.4. The molecule has 2 heteroatoms. The van der Waals surface area contributed by atoms with Crippen molar-refractivity contribution in [3.8, 4) is 0 Å². The summed E-state index contributed by atoms with van der Waals surface area (Å²) in [6, 6.07) is 5.28. The van der Waals surface area contributed by atoms with Crippen LogP contribution < -0.4 is 0 Å². The molecule has 1 aliphatic carbocycles. The molecule has 1 aromatic heterocycles. The minimum absolute atomic E-state index is 0.344. The first-order valence-corrected chi connectivity index (χ1v) is 8.17. The number of hydrogen-bond acceptors (Lipinski definition) is 2. The summed E-state index contributed by atoms with van der Waals surface area (Å²) < 4.78 is 0. The van der Waals surface area contributed by atoms with Crippen LogP contribution in [0, 0.1) is 0 Å². The van der Waals surface area contributed by atoms with Crippen molar-refractivity contribution in [1.82, 2.24) is 4.90 Å². The van der Waals surface area contributed by atoms with Gasteiger partial charge in [0.1, 0.15) is 0 Å². The van der Waals surface area contributed by atoms with Crippen molar-refractivity contribution in [2.45, 2.75) is 57.0 Å². The molecular formula is C16H23NS. The van der Waals surface area contributed by atoms with Crippen molar-refractivity contribution >= 4 is 11.3 Å². The molecule has 3 rings (SSSR count). The lowest BCUT2D eigenvalue weighted by atomic mass is 9.77. The molecule has 1 saturated carbocycles. The molecule has 0 saturated heterocycles. The van der Waals surface area contributed by atoms with Crippen molar-refractivity contribution in [1.29, 1.82) is 0 Å². The number of hydrogen-bond donors (Lipinski definition) is 0. The van der Waals surface area contributed by atoms with Gasteiger partial charge >= 0.3 is 0 Å². The van der Waals surface area contributed by atoms with Gasteiger partial charge in [0, 0.05) is 17.5 Å². The van der Waals surface area contributed by atoms with E-state index in [1.165, 1.54) is 38.5 Å². The zero-order valence-corrected chi connectivity index (χ0v) is 12.1. The molecule has 0 spiro atoms. The van der Waals surface area contributed by atoms with E-state index in [9.17, 15) is 0 Å². The first-order valence-electron chi connectivity index (χ1n) is 7.29. The summed E-state index contributed by atoms with van der Waals surface area (Å²) in [5, 5.41) is 2.25. The van der Waals surface area contributed by atoms with Gasteiger partial charge in [-0.3, -0.25) is 4.90 Å². The predicted molar refractivity (Wildman–Crippen MR) is 79.0 cm³/mol. The molecule has 0 amide bonds. The van der Waals surface area contributed by atoms with Crippen LogP contribution in [0.4, 0.5) is 0 Å². The highest BCUT2D eigenvalue weighted by atomic mass is 32.1. The quantitative estimate of drug-likeness (QED) is 0.706. The normalized spacial score (nSPS) is 28.4. The maximum absolute atomic E-state index is 2.78. The third-order valence-electron chi connectivity index (χ3n) is 4.69. The van der Waals surface area contributed by atoms with Crippen molar-refractivity contribution in [2.24, 2.45) is 0 Å². The van der Waals surface area contributed by atoms with E-state index in [4.69, 9.17) is 0 Å². The van der Waals surface area contributed by atoms with Crippen molar-refractivity contribution in [2.75, 3.05) is 6.54 Å². The second-order valence-corrected chi connectivity index (χ2v) is 6.73. The Morgan fingerprint density at radius 3 is 2.72 bits per heavy atom. The molecule has 98 valence electrons. The Kier molecular flexibility index (Phi) is 3.58. The average Bonchev–Trinajstić information content (AvgIpc) is 2.94. The highest BCUT2D eigenvalue weighted by molar-refractivity contribution is 7.10. The van der Waals surface area contributed by atoms with Crippen LogP contribution in [0.15, 0.2) is 29.7 Å². The van der Waals surface area contributed by atoms with Crippen LogP contribution in [0.2, 0.25) is 0 Å². The van der Waals surface area contributed by atoms with Crippen molar-refractivity contribution < 1.29 is 0 Å². The molecule has 0 bridgehead atoms. The summed E-state index contributed by atoms with van der Waals surface area (Å²) in [5.74, 6) is 0. The second kappa shape index (κ2) is 5.18. The molecule has 0 aromatic carbocycles. The highest BCUT2D eigenvalue weighted by Crippen LogP contribution is 2.45. The van der Waals surface area contributed by atoms with Gasteiger partial charge in [-0.15, -0.1) is 11.3 Å². The van der Waals surface area contributed by atoms with Gasteiger partial charge in [-0.05, 0) is 37.6 Å². The summed E-state index contributed by atoms with van der Waals surface area (Å²) in [7, 11) is 0.